The number of aromatic nitrogens is 4. The second-order valence-corrected chi connectivity index (χ2v) is 7.11. The number of anilines is 1. The lowest BCUT2D eigenvalue weighted by Gasteiger charge is -2.08. The molecule has 0 aromatic carbocycles. The highest BCUT2D eigenvalue weighted by Crippen LogP contribution is 2.28. The molecular weight excluding hydrogens is 368 g/mol. The summed E-state index contributed by atoms with van der Waals surface area (Å²) >= 11 is 2.96. The van der Waals surface area contributed by atoms with Crippen LogP contribution in [0.4, 0.5) is 5.82 Å². The van der Waals surface area contributed by atoms with E-state index in [0.717, 1.165) is 14.2 Å². The molecule has 0 saturated heterocycles. The maximum absolute atomic E-state index is 12.8. The summed E-state index contributed by atoms with van der Waals surface area (Å²) < 4.78 is 1.12. The van der Waals surface area contributed by atoms with Crippen molar-refractivity contribution in [2.24, 2.45) is 0 Å². The van der Waals surface area contributed by atoms with Crippen molar-refractivity contribution in [1.82, 2.24) is 19.6 Å². The van der Waals surface area contributed by atoms with Crippen LogP contribution in [0.1, 0.15) is 16.1 Å². The fourth-order valence-corrected chi connectivity index (χ4v) is 3.76. The number of nitriles is 1. The standard InChI is InChI=1S/C17H10N6OS2/c18-9-11-14(13-4-2-8-26-13)20-17-22-21-12(16(24)23(17)15(11)19)6-5-10-3-1-7-25-10/h1-8H,19H2/b6-5+. The molecule has 0 unspecified atom stereocenters. The molecule has 4 aromatic heterocycles. The average Bonchev–Trinajstić information content (AvgIpc) is 3.34. The van der Waals surface area contributed by atoms with Crippen molar-refractivity contribution in [2.45, 2.75) is 0 Å². The highest BCUT2D eigenvalue weighted by molar-refractivity contribution is 7.13. The number of nitrogens with zero attached hydrogens (tertiary/aromatic N) is 5. The van der Waals surface area contributed by atoms with Crippen LogP contribution in [0.15, 0.2) is 39.8 Å². The molecule has 7 nitrogen and oxygen atoms in total. The van der Waals surface area contributed by atoms with Crippen molar-refractivity contribution in [3.8, 4) is 16.6 Å². The molecule has 26 heavy (non-hydrogen) atoms. The van der Waals surface area contributed by atoms with E-state index in [2.05, 4.69) is 15.2 Å². The molecule has 4 aromatic rings. The fraction of sp³-hybridized carbons (Fsp3) is 0. The predicted molar refractivity (Wildman–Crippen MR) is 103 cm³/mol. The third-order valence-corrected chi connectivity index (χ3v) is 5.34. The second kappa shape index (κ2) is 6.51. The van der Waals surface area contributed by atoms with Gasteiger partial charge in [0.1, 0.15) is 23.1 Å². The largest absolute Gasteiger partial charge is 0.383 e. The first kappa shape index (κ1) is 16.1. The van der Waals surface area contributed by atoms with Gasteiger partial charge >= 0.3 is 0 Å². The summed E-state index contributed by atoms with van der Waals surface area (Å²) in [4.78, 5) is 18.8. The minimum absolute atomic E-state index is 0.00609. The highest BCUT2D eigenvalue weighted by atomic mass is 32.1. The van der Waals surface area contributed by atoms with Crippen molar-refractivity contribution < 1.29 is 0 Å². The zero-order chi connectivity index (χ0) is 18.1. The molecule has 0 saturated carbocycles. The van der Waals surface area contributed by atoms with Gasteiger partial charge in [0, 0.05) is 4.88 Å². The van der Waals surface area contributed by atoms with E-state index in [1.807, 2.05) is 41.1 Å². The van der Waals surface area contributed by atoms with Crippen LogP contribution in [0.2, 0.25) is 0 Å². The number of rotatable bonds is 3. The van der Waals surface area contributed by atoms with Gasteiger partial charge in [0.2, 0.25) is 0 Å². The Kier molecular flexibility index (Phi) is 4.04. The molecule has 0 fully saturated rings. The molecule has 0 spiro atoms. The first-order chi connectivity index (χ1) is 12.7. The van der Waals surface area contributed by atoms with Crippen LogP contribution in [0.25, 0.3) is 28.5 Å². The molecule has 0 radical (unpaired) electrons. The first-order valence-electron chi connectivity index (χ1n) is 7.43. The van der Waals surface area contributed by atoms with E-state index in [1.165, 1.54) is 22.7 Å². The van der Waals surface area contributed by atoms with Crippen molar-refractivity contribution in [2.75, 3.05) is 5.73 Å². The van der Waals surface area contributed by atoms with Gasteiger partial charge in [-0.15, -0.1) is 32.9 Å². The number of thiophene rings is 2. The molecule has 0 aliphatic rings. The van der Waals surface area contributed by atoms with Crippen molar-refractivity contribution in [3.63, 3.8) is 0 Å². The molecule has 9 heteroatoms. The molecule has 0 aliphatic carbocycles. The summed E-state index contributed by atoms with van der Waals surface area (Å²) in [5, 5.41) is 21.3. The van der Waals surface area contributed by atoms with E-state index in [1.54, 1.807) is 12.2 Å². The Morgan fingerprint density at radius 3 is 2.65 bits per heavy atom. The minimum Gasteiger partial charge on any atom is -0.383 e. The molecule has 4 rings (SSSR count). The minimum atomic E-state index is -0.470. The summed E-state index contributed by atoms with van der Waals surface area (Å²) in [7, 11) is 0. The van der Waals surface area contributed by atoms with Crippen LogP contribution in [-0.4, -0.2) is 19.6 Å². The highest BCUT2D eigenvalue weighted by Gasteiger charge is 2.18. The van der Waals surface area contributed by atoms with Crippen LogP contribution < -0.4 is 11.3 Å². The number of nitrogens with two attached hydrogens (primary N) is 1. The maximum atomic E-state index is 12.8. The number of hydrogen-bond acceptors (Lipinski definition) is 8. The Morgan fingerprint density at radius 2 is 1.96 bits per heavy atom. The Balaban J connectivity index is 1.93. The van der Waals surface area contributed by atoms with Gasteiger partial charge in [-0.2, -0.15) is 5.26 Å². The average molecular weight is 378 g/mol. The van der Waals surface area contributed by atoms with Gasteiger partial charge in [-0.05, 0) is 35.0 Å². The monoisotopic (exact) mass is 378 g/mol. The van der Waals surface area contributed by atoms with Gasteiger partial charge in [0.05, 0.1) is 4.88 Å². The number of hydrogen-bond donors (Lipinski definition) is 1. The van der Waals surface area contributed by atoms with Gasteiger partial charge in [0.15, 0.2) is 5.69 Å². The topological polar surface area (TPSA) is 110 Å². The fourth-order valence-electron chi connectivity index (χ4n) is 2.42. The summed E-state index contributed by atoms with van der Waals surface area (Å²) in [5.41, 5.74) is 6.30. The van der Waals surface area contributed by atoms with Crippen molar-refractivity contribution in [1.29, 1.82) is 5.26 Å². The van der Waals surface area contributed by atoms with Gasteiger partial charge in [-0.1, -0.05) is 12.1 Å². The van der Waals surface area contributed by atoms with Crippen molar-refractivity contribution in [3.05, 3.63) is 61.5 Å². The molecule has 4 heterocycles. The zero-order valence-corrected chi connectivity index (χ0v) is 14.8. The predicted octanol–water partition coefficient (Wildman–Crippen LogP) is 2.90. The van der Waals surface area contributed by atoms with E-state index in [9.17, 15) is 10.1 Å². The van der Waals surface area contributed by atoms with E-state index in [4.69, 9.17) is 5.73 Å². The van der Waals surface area contributed by atoms with Crippen LogP contribution in [0.5, 0.6) is 0 Å². The second-order valence-electron chi connectivity index (χ2n) is 5.18. The van der Waals surface area contributed by atoms with E-state index < -0.39 is 5.56 Å². The van der Waals surface area contributed by atoms with Crippen LogP contribution in [-0.2, 0) is 0 Å². The molecule has 0 bridgehead atoms. The Bertz CT molecular complexity index is 1220. The molecule has 0 atom stereocenters. The lowest BCUT2D eigenvalue weighted by molar-refractivity contribution is 0.899. The van der Waals surface area contributed by atoms with Crippen LogP contribution >= 0.6 is 22.7 Å². The Labute approximate surface area is 155 Å². The lowest BCUT2D eigenvalue weighted by Crippen LogP contribution is -2.24. The van der Waals surface area contributed by atoms with Gasteiger partial charge in [-0.25, -0.2) is 9.38 Å². The summed E-state index contributed by atoms with van der Waals surface area (Å²) in [6, 6.07) is 9.55. The van der Waals surface area contributed by atoms with E-state index in [0.29, 0.717) is 5.69 Å². The van der Waals surface area contributed by atoms with Gasteiger partial charge < -0.3 is 5.73 Å². The molecular formula is C17H10N6OS2. The van der Waals surface area contributed by atoms with Crippen molar-refractivity contribution >= 4 is 46.4 Å². The summed E-state index contributed by atoms with van der Waals surface area (Å²) in [6.45, 7) is 0. The normalized spacial score (nSPS) is 11.2. The van der Waals surface area contributed by atoms with Crippen LogP contribution in [0, 0.1) is 11.3 Å². The number of fused-ring (bicyclic) bond motifs is 1. The van der Waals surface area contributed by atoms with Gasteiger partial charge in [0.25, 0.3) is 11.3 Å². The number of nitrogen functional groups attached to an aromatic ring is 1. The third-order valence-electron chi connectivity index (χ3n) is 3.63. The lowest BCUT2D eigenvalue weighted by atomic mass is 10.2. The van der Waals surface area contributed by atoms with Gasteiger partial charge in [-0.3, -0.25) is 4.79 Å². The molecule has 126 valence electrons. The van der Waals surface area contributed by atoms with E-state index >= 15 is 0 Å². The summed E-state index contributed by atoms with van der Waals surface area (Å²) in [5.74, 6) is 0.0646. The molecule has 2 N–H and O–H groups in total. The molecule has 0 amide bonds. The zero-order valence-electron chi connectivity index (χ0n) is 13.2. The SMILES string of the molecule is N#Cc1c(-c2cccs2)nc2nnc(/C=C/c3cccs3)c(=O)n2c1N. The quantitative estimate of drug-likeness (QED) is 0.587. The summed E-state index contributed by atoms with van der Waals surface area (Å²) in [6.07, 6.45) is 3.35. The Hall–Kier alpha value is -3.35. The Morgan fingerprint density at radius 1 is 1.15 bits per heavy atom. The third kappa shape index (κ3) is 2.67. The molecule has 0 aliphatic heterocycles. The van der Waals surface area contributed by atoms with Crippen LogP contribution in [0.3, 0.4) is 0 Å². The maximum Gasteiger partial charge on any atom is 0.286 e. The first-order valence-corrected chi connectivity index (χ1v) is 9.19. The smallest absolute Gasteiger partial charge is 0.286 e. The van der Waals surface area contributed by atoms with E-state index in [-0.39, 0.29) is 22.9 Å².